The van der Waals surface area contributed by atoms with Gasteiger partial charge in [-0.1, -0.05) is 65.8 Å². The maximum absolute atomic E-state index is 13.6. The number of rotatable bonds is 14. The number of anilines is 3. The Labute approximate surface area is 356 Å². The summed E-state index contributed by atoms with van der Waals surface area (Å²) in [6, 6.07) is 12.4. The number of carbonyl (C=O) groups is 5. The van der Waals surface area contributed by atoms with Gasteiger partial charge in [0.2, 0.25) is 17.7 Å². The molecule has 0 spiro atoms. The molecule has 17 heteroatoms. The molecule has 3 aromatic rings. The third kappa shape index (κ3) is 11.7. The number of hydrogen-bond acceptors (Lipinski definition) is 12. The topological polar surface area (TPSA) is 195 Å². The average molecular weight is 849 g/mol. The average Bonchev–Trinajstić information content (AvgIpc) is 4.02. The fourth-order valence-electron chi connectivity index (χ4n) is 7.64. The van der Waals surface area contributed by atoms with Gasteiger partial charge in [-0.25, -0.2) is 14.6 Å². The first-order valence-electron chi connectivity index (χ1n) is 20.3. The van der Waals surface area contributed by atoms with E-state index < -0.39 is 53.4 Å². The van der Waals surface area contributed by atoms with Gasteiger partial charge in [0.1, 0.15) is 18.3 Å². The Morgan fingerprint density at radius 1 is 0.783 bits per heavy atom. The molecule has 2 aromatic carbocycles. The highest BCUT2D eigenvalue weighted by atomic mass is 32.1. The van der Waals surface area contributed by atoms with Crippen molar-refractivity contribution in [3.05, 3.63) is 71.2 Å². The third-order valence-corrected chi connectivity index (χ3v) is 11.7. The molecule has 0 saturated carbocycles. The fraction of sp³-hybridized carbons (Fsp3) is 0.535. The lowest BCUT2D eigenvalue weighted by atomic mass is 9.85. The van der Waals surface area contributed by atoms with Crippen LogP contribution >= 0.6 is 11.3 Å². The molecule has 2 aliphatic rings. The molecule has 16 nitrogen and oxygen atoms in total. The highest BCUT2D eigenvalue weighted by Crippen LogP contribution is 2.31. The van der Waals surface area contributed by atoms with E-state index in [4.69, 9.17) is 9.47 Å². The number of aliphatic hydroxyl groups is 1. The Balaban J connectivity index is 1.19. The SMILES string of the molecule is COC(=O)NC(C(=O)N1CCCC1C(=O)Nc1ccc(CN(Cc2ccc(NC(=O)C3CCCN3C(O)C(NC(=O)OC)C(C)(C)C)cc2)c2nccs2)cc1)C(C)(C)C. The molecule has 0 aliphatic carbocycles. The van der Waals surface area contributed by atoms with Crippen molar-refractivity contribution < 1.29 is 38.6 Å². The summed E-state index contributed by atoms with van der Waals surface area (Å²) in [5.41, 5.74) is 2.10. The first-order chi connectivity index (χ1) is 28.4. The molecule has 326 valence electrons. The summed E-state index contributed by atoms with van der Waals surface area (Å²) >= 11 is 1.52. The number of likely N-dealkylation sites (tertiary alicyclic amines) is 2. The number of amides is 5. The summed E-state index contributed by atoms with van der Waals surface area (Å²) in [7, 11) is 2.52. The zero-order valence-corrected chi connectivity index (χ0v) is 36.6. The van der Waals surface area contributed by atoms with Gasteiger partial charge in [0, 0.05) is 49.1 Å². The molecule has 5 rings (SSSR count). The van der Waals surface area contributed by atoms with E-state index in [9.17, 15) is 29.1 Å². The van der Waals surface area contributed by atoms with Crippen LogP contribution in [0.1, 0.15) is 78.4 Å². The molecule has 2 saturated heterocycles. The second kappa shape index (κ2) is 19.9. The Kier molecular flexibility index (Phi) is 15.2. The van der Waals surface area contributed by atoms with Gasteiger partial charge in [0.25, 0.3) is 0 Å². The number of benzene rings is 2. The van der Waals surface area contributed by atoms with Crippen LogP contribution in [0.3, 0.4) is 0 Å². The largest absolute Gasteiger partial charge is 0.453 e. The smallest absolute Gasteiger partial charge is 0.407 e. The third-order valence-electron chi connectivity index (χ3n) is 10.9. The van der Waals surface area contributed by atoms with E-state index in [1.54, 1.807) is 16.0 Å². The molecule has 60 heavy (non-hydrogen) atoms. The van der Waals surface area contributed by atoms with Gasteiger partial charge >= 0.3 is 12.2 Å². The first-order valence-corrected chi connectivity index (χ1v) is 21.1. The van der Waals surface area contributed by atoms with Gasteiger partial charge in [0.15, 0.2) is 5.13 Å². The van der Waals surface area contributed by atoms with Crippen molar-refractivity contribution in [2.24, 2.45) is 10.8 Å². The number of nitrogens with zero attached hydrogens (tertiary/aromatic N) is 4. The van der Waals surface area contributed by atoms with Crippen LogP contribution in [0.2, 0.25) is 0 Å². The quantitative estimate of drug-likeness (QED) is 0.137. The van der Waals surface area contributed by atoms with E-state index in [-0.39, 0.29) is 17.7 Å². The summed E-state index contributed by atoms with van der Waals surface area (Å²) in [6.45, 7) is 13.3. The molecule has 5 amide bonds. The fourth-order valence-corrected chi connectivity index (χ4v) is 8.28. The normalized spacial score (nSPS) is 18.5. The molecule has 3 heterocycles. The number of aliphatic hydroxyl groups excluding tert-OH is 1. The van der Waals surface area contributed by atoms with Crippen molar-refractivity contribution >= 4 is 57.8 Å². The van der Waals surface area contributed by atoms with Gasteiger partial charge < -0.3 is 45.6 Å². The summed E-state index contributed by atoms with van der Waals surface area (Å²) in [6.07, 6.45) is 1.80. The molecule has 1 aromatic heterocycles. The van der Waals surface area contributed by atoms with E-state index in [1.807, 2.05) is 95.5 Å². The Morgan fingerprint density at radius 2 is 1.30 bits per heavy atom. The van der Waals surface area contributed by atoms with Gasteiger partial charge in [-0.15, -0.1) is 11.3 Å². The summed E-state index contributed by atoms with van der Waals surface area (Å²) < 4.78 is 9.54. The predicted octanol–water partition coefficient (Wildman–Crippen LogP) is 5.54. The minimum atomic E-state index is -1.09. The first kappa shape index (κ1) is 45.8. The lowest BCUT2D eigenvalue weighted by Crippen LogP contribution is -2.59. The Hall–Kier alpha value is -5.26. The van der Waals surface area contributed by atoms with E-state index in [0.29, 0.717) is 56.8 Å². The second-order valence-electron chi connectivity index (χ2n) is 17.5. The molecule has 5 N–H and O–H groups in total. The van der Waals surface area contributed by atoms with Gasteiger partial charge in [-0.05, 0) is 71.9 Å². The van der Waals surface area contributed by atoms with Gasteiger partial charge in [0.05, 0.1) is 26.3 Å². The van der Waals surface area contributed by atoms with Crippen LogP contribution in [0, 0.1) is 10.8 Å². The van der Waals surface area contributed by atoms with Crippen molar-refractivity contribution in [1.29, 1.82) is 0 Å². The summed E-state index contributed by atoms with van der Waals surface area (Å²) in [5, 5.41) is 25.5. The molecule has 0 radical (unpaired) electrons. The van der Waals surface area contributed by atoms with Crippen LogP contribution in [0.4, 0.5) is 26.1 Å². The van der Waals surface area contributed by atoms with Crippen molar-refractivity contribution in [3.8, 4) is 0 Å². The van der Waals surface area contributed by atoms with Crippen molar-refractivity contribution in [2.75, 3.05) is 42.8 Å². The molecule has 5 unspecified atom stereocenters. The number of thiazole rings is 1. The molecule has 0 bridgehead atoms. The van der Waals surface area contributed by atoms with Crippen LogP contribution < -0.4 is 26.2 Å². The molecule has 2 fully saturated rings. The lowest BCUT2D eigenvalue weighted by Gasteiger charge is -2.40. The highest BCUT2D eigenvalue weighted by Gasteiger charge is 2.44. The maximum Gasteiger partial charge on any atom is 0.407 e. The minimum absolute atomic E-state index is 0.231. The monoisotopic (exact) mass is 848 g/mol. The zero-order valence-electron chi connectivity index (χ0n) is 35.8. The van der Waals surface area contributed by atoms with Crippen molar-refractivity contribution in [3.63, 3.8) is 0 Å². The van der Waals surface area contributed by atoms with Crippen LogP contribution in [0.15, 0.2) is 60.1 Å². The van der Waals surface area contributed by atoms with E-state index in [2.05, 4.69) is 31.2 Å². The molecule has 2 aliphatic heterocycles. The van der Waals surface area contributed by atoms with Crippen LogP contribution in [0.5, 0.6) is 0 Å². The standard InChI is InChI=1S/C43H60N8O8S/c1-42(2,3)33(47-40(56)58-7)37(54)50-22-9-11-31(50)35(52)45-29-17-13-27(14-18-29)25-49(39-44-21-24-60-39)26-28-15-19-30(20-16-28)46-36(53)32-12-10-23-51(32)38(55)34(43(4,5)6)48-41(57)59-8/h13-21,24,31-34,37,54H,9-12,22-23,25-26H2,1-8H3,(H,45,52)(H,46,53)(H,47,56)(H,48,57). The van der Waals surface area contributed by atoms with E-state index in [1.165, 1.54) is 25.6 Å². The highest BCUT2D eigenvalue weighted by molar-refractivity contribution is 7.13. The summed E-state index contributed by atoms with van der Waals surface area (Å²) in [4.78, 5) is 74.8. The van der Waals surface area contributed by atoms with E-state index >= 15 is 0 Å². The number of aromatic nitrogens is 1. The van der Waals surface area contributed by atoms with Crippen LogP contribution in [-0.2, 0) is 36.9 Å². The lowest BCUT2D eigenvalue weighted by molar-refractivity contribution is -0.140. The molecule has 5 atom stereocenters. The van der Waals surface area contributed by atoms with Crippen molar-refractivity contribution in [2.45, 2.75) is 111 Å². The number of carbonyl (C=O) groups excluding carboxylic acids is 5. The van der Waals surface area contributed by atoms with Crippen LogP contribution in [-0.4, -0.2) is 108 Å². The number of hydrogen-bond donors (Lipinski definition) is 5. The van der Waals surface area contributed by atoms with E-state index in [0.717, 1.165) is 22.7 Å². The van der Waals surface area contributed by atoms with Crippen molar-refractivity contribution in [1.82, 2.24) is 25.4 Å². The van der Waals surface area contributed by atoms with Crippen LogP contribution in [0.25, 0.3) is 0 Å². The second-order valence-corrected chi connectivity index (χ2v) is 18.3. The number of alkyl carbamates (subject to hydrolysis) is 2. The zero-order chi connectivity index (χ0) is 43.8. The van der Waals surface area contributed by atoms with Gasteiger partial charge in [-0.2, -0.15) is 0 Å². The Bertz CT molecular complexity index is 1930. The maximum atomic E-state index is 13.6. The minimum Gasteiger partial charge on any atom is -0.453 e. The molecular formula is C43H60N8O8S. The summed E-state index contributed by atoms with van der Waals surface area (Å²) in [5.74, 6) is -0.842. The Morgan fingerprint density at radius 3 is 1.80 bits per heavy atom. The molecular weight excluding hydrogens is 789 g/mol. The number of methoxy groups -OCH3 is 2. The van der Waals surface area contributed by atoms with Gasteiger partial charge in [-0.3, -0.25) is 19.3 Å². The number of nitrogens with one attached hydrogen (secondary N) is 4. The predicted molar refractivity (Wildman–Crippen MR) is 230 cm³/mol. The number of ether oxygens (including phenoxy) is 2.